The van der Waals surface area contributed by atoms with Crippen molar-refractivity contribution in [1.82, 2.24) is 20.3 Å². The van der Waals surface area contributed by atoms with Crippen LogP contribution in [0.1, 0.15) is 21.7 Å². The maximum Gasteiger partial charge on any atom is 0.270 e. The van der Waals surface area contributed by atoms with E-state index in [2.05, 4.69) is 61.3 Å². The largest absolute Gasteiger partial charge is 0.368 e. The van der Waals surface area contributed by atoms with Crippen molar-refractivity contribution in [2.75, 3.05) is 36.0 Å². The molecule has 4 rings (SSSR count). The average molecular weight is 388 g/mol. The number of carbonyl (C=O) groups is 1. The fraction of sp³-hybridized carbons (Fsp3) is 0.273. The Balaban J connectivity index is 1.37. The van der Waals surface area contributed by atoms with E-state index in [9.17, 15) is 4.79 Å². The summed E-state index contributed by atoms with van der Waals surface area (Å²) in [6, 6.07) is 15.9. The lowest BCUT2D eigenvalue weighted by Gasteiger charge is -2.36. The van der Waals surface area contributed by atoms with Gasteiger partial charge in [0, 0.05) is 44.1 Å². The first-order valence-electron chi connectivity index (χ1n) is 9.76. The van der Waals surface area contributed by atoms with Crippen LogP contribution in [0.5, 0.6) is 0 Å². The molecule has 0 spiro atoms. The van der Waals surface area contributed by atoms with Crippen LogP contribution in [0.15, 0.2) is 61.1 Å². The zero-order valence-corrected chi connectivity index (χ0v) is 16.5. The van der Waals surface area contributed by atoms with E-state index in [1.165, 1.54) is 17.6 Å². The molecule has 2 aromatic heterocycles. The number of rotatable bonds is 5. The third kappa shape index (κ3) is 4.68. The van der Waals surface area contributed by atoms with Crippen molar-refractivity contribution in [1.29, 1.82) is 0 Å². The van der Waals surface area contributed by atoms with Crippen molar-refractivity contribution < 1.29 is 4.79 Å². The van der Waals surface area contributed by atoms with Crippen LogP contribution in [-0.2, 0) is 6.54 Å². The number of amides is 1. The standard InChI is InChI=1S/C22H24N6O/c1-17-5-4-7-19(13-17)27-9-11-28(12-10-27)21-14-20(25-16-26-21)22(29)24-15-18-6-2-3-8-23-18/h2-8,13-14,16H,9-12,15H2,1H3,(H,24,29). The van der Waals surface area contributed by atoms with E-state index >= 15 is 0 Å². The number of carbonyl (C=O) groups excluding carboxylic acids is 1. The molecule has 148 valence electrons. The number of pyridine rings is 1. The van der Waals surface area contributed by atoms with Crippen molar-refractivity contribution >= 4 is 17.4 Å². The maximum absolute atomic E-state index is 12.5. The Hall–Kier alpha value is -3.48. The van der Waals surface area contributed by atoms with E-state index in [1.807, 2.05) is 18.2 Å². The molecule has 0 aliphatic carbocycles. The molecule has 1 aromatic carbocycles. The van der Waals surface area contributed by atoms with Gasteiger partial charge in [0.2, 0.25) is 0 Å². The van der Waals surface area contributed by atoms with Gasteiger partial charge in [-0.2, -0.15) is 0 Å². The van der Waals surface area contributed by atoms with E-state index in [0.29, 0.717) is 12.2 Å². The van der Waals surface area contributed by atoms with Crippen molar-refractivity contribution in [2.45, 2.75) is 13.5 Å². The summed E-state index contributed by atoms with van der Waals surface area (Å²) in [7, 11) is 0. The van der Waals surface area contributed by atoms with Crippen LogP contribution >= 0.6 is 0 Å². The number of aryl methyl sites for hydroxylation is 1. The summed E-state index contributed by atoms with van der Waals surface area (Å²) in [5.74, 6) is 0.560. The lowest BCUT2D eigenvalue weighted by Crippen LogP contribution is -2.47. The molecule has 0 unspecified atom stereocenters. The zero-order chi connectivity index (χ0) is 20.1. The molecule has 7 nitrogen and oxygen atoms in total. The topological polar surface area (TPSA) is 74.2 Å². The first-order valence-corrected chi connectivity index (χ1v) is 9.76. The zero-order valence-electron chi connectivity index (χ0n) is 16.5. The second-order valence-corrected chi connectivity index (χ2v) is 7.08. The lowest BCUT2D eigenvalue weighted by molar-refractivity contribution is 0.0945. The SMILES string of the molecule is Cc1cccc(N2CCN(c3cc(C(=O)NCc4ccccn4)ncn3)CC2)c1. The van der Waals surface area contributed by atoms with Crippen LogP contribution in [0.3, 0.4) is 0 Å². The number of hydrogen-bond donors (Lipinski definition) is 1. The van der Waals surface area contributed by atoms with Gasteiger partial charge in [0.25, 0.3) is 5.91 Å². The predicted molar refractivity (Wildman–Crippen MR) is 113 cm³/mol. The summed E-state index contributed by atoms with van der Waals surface area (Å²) < 4.78 is 0. The van der Waals surface area contributed by atoms with E-state index in [1.54, 1.807) is 12.3 Å². The van der Waals surface area contributed by atoms with Gasteiger partial charge in [0.05, 0.1) is 12.2 Å². The molecule has 1 amide bonds. The van der Waals surface area contributed by atoms with Gasteiger partial charge in [-0.3, -0.25) is 9.78 Å². The van der Waals surface area contributed by atoms with E-state index in [4.69, 9.17) is 0 Å². The molecule has 1 aliphatic rings. The summed E-state index contributed by atoms with van der Waals surface area (Å²) in [6.07, 6.45) is 3.17. The fourth-order valence-corrected chi connectivity index (χ4v) is 3.43. The molecular weight excluding hydrogens is 364 g/mol. The molecule has 0 bridgehead atoms. The minimum Gasteiger partial charge on any atom is -0.368 e. The molecule has 1 fully saturated rings. The molecular formula is C22H24N6O. The molecule has 1 aliphatic heterocycles. The van der Waals surface area contributed by atoms with Gasteiger partial charge in [-0.25, -0.2) is 9.97 Å². The molecule has 3 heterocycles. The summed E-state index contributed by atoms with van der Waals surface area (Å²) >= 11 is 0. The van der Waals surface area contributed by atoms with Gasteiger partial charge in [0.15, 0.2) is 0 Å². The van der Waals surface area contributed by atoms with Crippen LogP contribution in [0.2, 0.25) is 0 Å². The highest BCUT2D eigenvalue weighted by Crippen LogP contribution is 2.20. The lowest BCUT2D eigenvalue weighted by atomic mass is 10.2. The summed E-state index contributed by atoms with van der Waals surface area (Å²) in [5.41, 5.74) is 3.69. The second-order valence-electron chi connectivity index (χ2n) is 7.08. The molecule has 3 aromatic rings. The fourth-order valence-electron chi connectivity index (χ4n) is 3.43. The van der Waals surface area contributed by atoms with E-state index < -0.39 is 0 Å². The van der Waals surface area contributed by atoms with Gasteiger partial charge >= 0.3 is 0 Å². The first kappa shape index (κ1) is 18.9. The molecule has 0 radical (unpaired) electrons. The van der Waals surface area contributed by atoms with Crippen LogP contribution in [0.25, 0.3) is 0 Å². The van der Waals surface area contributed by atoms with Gasteiger partial charge in [-0.1, -0.05) is 18.2 Å². The molecule has 1 saturated heterocycles. The minimum atomic E-state index is -0.224. The van der Waals surface area contributed by atoms with Crippen LogP contribution in [0.4, 0.5) is 11.5 Å². The minimum absolute atomic E-state index is 0.224. The van der Waals surface area contributed by atoms with E-state index in [0.717, 1.165) is 37.7 Å². The summed E-state index contributed by atoms with van der Waals surface area (Å²) in [6.45, 7) is 6.00. The average Bonchev–Trinajstić information content (AvgIpc) is 2.78. The van der Waals surface area contributed by atoms with Gasteiger partial charge in [0.1, 0.15) is 17.8 Å². The van der Waals surface area contributed by atoms with Gasteiger partial charge < -0.3 is 15.1 Å². The summed E-state index contributed by atoms with van der Waals surface area (Å²) in [4.78, 5) is 29.8. The molecule has 0 saturated carbocycles. The number of aromatic nitrogens is 3. The number of benzene rings is 1. The third-order valence-corrected chi connectivity index (χ3v) is 5.01. The first-order chi connectivity index (χ1) is 14.2. The molecule has 7 heteroatoms. The highest BCUT2D eigenvalue weighted by atomic mass is 16.1. The van der Waals surface area contributed by atoms with Crippen LogP contribution in [-0.4, -0.2) is 47.0 Å². The Morgan fingerprint density at radius 1 is 0.966 bits per heavy atom. The third-order valence-electron chi connectivity index (χ3n) is 5.01. The Labute approximate surface area is 170 Å². The number of nitrogens with one attached hydrogen (secondary N) is 1. The number of hydrogen-bond acceptors (Lipinski definition) is 6. The molecule has 0 atom stereocenters. The quantitative estimate of drug-likeness (QED) is 0.724. The molecule has 1 N–H and O–H groups in total. The van der Waals surface area contributed by atoms with Crippen molar-refractivity contribution in [3.05, 3.63) is 78.0 Å². The number of piperazine rings is 1. The van der Waals surface area contributed by atoms with E-state index in [-0.39, 0.29) is 5.91 Å². The Morgan fingerprint density at radius 2 is 1.79 bits per heavy atom. The number of anilines is 2. The van der Waals surface area contributed by atoms with Crippen LogP contribution < -0.4 is 15.1 Å². The molecule has 29 heavy (non-hydrogen) atoms. The van der Waals surface area contributed by atoms with Gasteiger partial charge in [-0.15, -0.1) is 0 Å². The predicted octanol–water partition coefficient (Wildman–Crippen LogP) is 2.44. The van der Waals surface area contributed by atoms with Crippen LogP contribution in [0, 0.1) is 6.92 Å². The Bertz CT molecular complexity index is 970. The van der Waals surface area contributed by atoms with Crippen molar-refractivity contribution in [2.24, 2.45) is 0 Å². The highest BCUT2D eigenvalue weighted by Gasteiger charge is 2.20. The second kappa shape index (κ2) is 8.68. The smallest absolute Gasteiger partial charge is 0.270 e. The number of nitrogens with zero attached hydrogens (tertiary/aromatic N) is 5. The monoisotopic (exact) mass is 388 g/mol. The maximum atomic E-state index is 12.5. The van der Waals surface area contributed by atoms with Crippen molar-refractivity contribution in [3.63, 3.8) is 0 Å². The Kier molecular flexibility index (Phi) is 5.65. The highest BCUT2D eigenvalue weighted by molar-refractivity contribution is 5.92. The summed E-state index contributed by atoms with van der Waals surface area (Å²) in [5, 5.41) is 2.86. The van der Waals surface area contributed by atoms with Crippen molar-refractivity contribution in [3.8, 4) is 0 Å². The van der Waals surface area contributed by atoms with Gasteiger partial charge in [-0.05, 0) is 36.8 Å². The Morgan fingerprint density at radius 3 is 2.55 bits per heavy atom. The normalized spacial score (nSPS) is 14.0.